The lowest BCUT2D eigenvalue weighted by molar-refractivity contribution is -0.0578. The summed E-state index contributed by atoms with van der Waals surface area (Å²) in [6.45, 7) is 0. The van der Waals surface area contributed by atoms with Crippen molar-refractivity contribution in [2.75, 3.05) is 0 Å². The third-order valence-corrected chi connectivity index (χ3v) is 2.00. The molecule has 0 aromatic heterocycles. The molecule has 0 spiro atoms. The molecule has 1 saturated carbocycles. The Hall–Kier alpha value is 0.360. The van der Waals surface area contributed by atoms with Crippen LogP contribution in [0.5, 0.6) is 0 Å². The molecule has 76 valence electrons. The van der Waals surface area contributed by atoms with E-state index in [0.717, 1.165) is 0 Å². The maximum absolute atomic E-state index is 12.6. The number of rotatable bonds is 0. The average molecular weight is 223 g/mol. The van der Waals surface area contributed by atoms with Crippen molar-refractivity contribution in [1.29, 1.82) is 0 Å². The molecule has 0 heterocycles. The van der Waals surface area contributed by atoms with E-state index in [1.807, 2.05) is 0 Å². The van der Waals surface area contributed by atoms with Crippen molar-refractivity contribution in [2.24, 2.45) is 11.5 Å². The van der Waals surface area contributed by atoms with Gasteiger partial charge in [0.05, 0.1) is 6.04 Å². The van der Waals surface area contributed by atoms with E-state index < -0.39 is 18.0 Å². The van der Waals surface area contributed by atoms with Crippen molar-refractivity contribution < 1.29 is 8.78 Å². The number of nitrogens with two attached hydrogens (primary N) is 2. The third-order valence-electron chi connectivity index (χ3n) is 2.00. The van der Waals surface area contributed by atoms with E-state index in [1.165, 1.54) is 0 Å². The second kappa shape index (κ2) is 5.17. The van der Waals surface area contributed by atoms with Gasteiger partial charge in [-0.15, -0.1) is 24.8 Å². The summed E-state index contributed by atoms with van der Waals surface area (Å²) in [7, 11) is 0. The maximum atomic E-state index is 12.6. The highest BCUT2D eigenvalue weighted by Crippen LogP contribution is 2.31. The molecule has 2 atom stereocenters. The van der Waals surface area contributed by atoms with Crippen molar-refractivity contribution in [2.45, 2.75) is 37.3 Å². The van der Waals surface area contributed by atoms with Gasteiger partial charge in [0.15, 0.2) is 0 Å². The second-order valence-electron chi connectivity index (χ2n) is 2.84. The Labute approximate surface area is 82.9 Å². The van der Waals surface area contributed by atoms with Gasteiger partial charge >= 0.3 is 0 Å². The van der Waals surface area contributed by atoms with Gasteiger partial charge in [-0.1, -0.05) is 0 Å². The van der Waals surface area contributed by atoms with Crippen LogP contribution in [0.3, 0.4) is 0 Å². The zero-order valence-electron chi connectivity index (χ0n) is 6.50. The fraction of sp³-hybridized carbons (Fsp3) is 1.00. The molecule has 2 unspecified atom stereocenters. The van der Waals surface area contributed by atoms with Crippen LogP contribution in [0.2, 0.25) is 0 Å². The molecule has 2 nitrogen and oxygen atoms in total. The Morgan fingerprint density at radius 3 is 2.00 bits per heavy atom. The van der Waals surface area contributed by atoms with Gasteiger partial charge in [-0.3, -0.25) is 0 Å². The Morgan fingerprint density at radius 2 is 1.67 bits per heavy atom. The summed E-state index contributed by atoms with van der Waals surface area (Å²) < 4.78 is 25.3. The predicted octanol–water partition coefficient (Wildman–Crippen LogP) is 1.30. The SMILES string of the molecule is Cl.Cl.NC1CCCC(F)(F)C1N. The Balaban J connectivity index is 0. The molecule has 0 radical (unpaired) electrons. The van der Waals surface area contributed by atoms with Gasteiger partial charge < -0.3 is 11.5 Å². The number of alkyl halides is 2. The molecule has 12 heavy (non-hydrogen) atoms. The third kappa shape index (κ3) is 3.01. The molecular formula is C6H14Cl2F2N2. The average Bonchev–Trinajstić information content (AvgIpc) is 1.83. The van der Waals surface area contributed by atoms with E-state index in [0.29, 0.717) is 12.8 Å². The number of halogens is 4. The first kappa shape index (κ1) is 14.9. The molecule has 1 rings (SSSR count). The van der Waals surface area contributed by atoms with E-state index in [2.05, 4.69) is 0 Å². The first-order valence-electron chi connectivity index (χ1n) is 3.43. The Kier molecular flexibility index (Phi) is 6.40. The fourth-order valence-corrected chi connectivity index (χ4v) is 1.23. The van der Waals surface area contributed by atoms with Crippen LogP contribution in [0, 0.1) is 0 Å². The molecular weight excluding hydrogens is 209 g/mol. The molecule has 0 aromatic rings. The van der Waals surface area contributed by atoms with E-state index in [9.17, 15) is 8.78 Å². The summed E-state index contributed by atoms with van der Waals surface area (Å²) >= 11 is 0. The van der Waals surface area contributed by atoms with Gasteiger partial charge in [0.25, 0.3) is 5.92 Å². The molecule has 1 aliphatic rings. The highest BCUT2D eigenvalue weighted by atomic mass is 35.5. The lowest BCUT2D eigenvalue weighted by Crippen LogP contribution is -2.55. The Morgan fingerprint density at radius 1 is 1.17 bits per heavy atom. The summed E-state index contributed by atoms with van der Waals surface area (Å²) in [5, 5.41) is 0. The fourth-order valence-electron chi connectivity index (χ4n) is 1.23. The van der Waals surface area contributed by atoms with Crippen molar-refractivity contribution in [3.63, 3.8) is 0 Å². The Bertz CT molecular complexity index is 135. The quantitative estimate of drug-likeness (QED) is 0.650. The number of hydrogen-bond acceptors (Lipinski definition) is 2. The monoisotopic (exact) mass is 222 g/mol. The molecule has 1 fully saturated rings. The summed E-state index contributed by atoms with van der Waals surface area (Å²) in [6, 6.07) is -1.66. The van der Waals surface area contributed by atoms with E-state index >= 15 is 0 Å². The van der Waals surface area contributed by atoms with Crippen LogP contribution >= 0.6 is 24.8 Å². The molecule has 1 aliphatic carbocycles. The molecule has 0 bridgehead atoms. The highest BCUT2D eigenvalue weighted by molar-refractivity contribution is 5.85. The second-order valence-corrected chi connectivity index (χ2v) is 2.84. The van der Waals surface area contributed by atoms with Crippen LogP contribution < -0.4 is 11.5 Å². The number of hydrogen-bond donors (Lipinski definition) is 2. The largest absolute Gasteiger partial charge is 0.326 e. The van der Waals surface area contributed by atoms with Crippen molar-refractivity contribution in [3.05, 3.63) is 0 Å². The minimum Gasteiger partial charge on any atom is -0.326 e. The summed E-state index contributed by atoms with van der Waals surface area (Å²) in [6.07, 6.45) is 1.00. The summed E-state index contributed by atoms with van der Waals surface area (Å²) in [4.78, 5) is 0. The minimum atomic E-state index is -2.74. The minimum absolute atomic E-state index is 0. The van der Waals surface area contributed by atoms with Crippen LogP contribution in [0.4, 0.5) is 8.78 Å². The topological polar surface area (TPSA) is 52.0 Å². The highest BCUT2D eigenvalue weighted by Gasteiger charge is 2.43. The van der Waals surface area contributed by atoms with Crippen LogP contribution in [0.15, 0.2) is 0 Å². The van der Waals surface area contributed by atoms with Gasteiger partial charge in [-0.05, 0) is 12.8 Å². The van der Waals surface area contributed by atoms with Crippen molar-refractivity contribution in [3.8, 4) is 0 Å². The lowest BCUT2D eigenvalue weighted by atomic mass is 9.88. The van der Waals surface area contributed by atoms with Crippen LogP contribution in [-0.4, -0.2) is 18.0 Å². The van der Waals surface area contributed by atoms with Gasteiger partial charge in [0, 0.05) is 12.5 Å². The zero-order valence-corrected chi connectivity index (χ0v) is 8.14. The smallest absolute Gasteiger partial charge is 0.264 e. The summed E-state index contributed by atoms with van der Waals surface area (Å²) in [5.74, 6) is -2.74. The normalized spacial score (nSPS) is 33.0. The van der Waals surface area contributed by atoms with Gasteiger partial charge in [-0.2, -0.15) is 0 Å². The molecule has 0 saturated heterocycles. The maximum Gasteiger partial charge on any atom is 0.264 e. The van der Waals surface area contributed by atoms with Gasteiger partial charge in [-0.25, -0.2) is 8.78 Å². The van der Waals surface area contributed by atoms with E-state index in [1.54, 1.807) is 0 Å². The molecule has 6 heteroatoms. The van der Waals surface area contributed by atoms with Gasteiger partial charge in [0.1, 0.15) is 0 Å². The first-order valence-corrected chi connectivity index (χ1v) is 3.43. The predicted molar refractivity (Wildman–Crippen MR) is 49.2 cm³/mol. The van der Waals surface area contributed by atoms with Crippen LogP contribution in [0.1, 0.15) is 19.3 Å². The molecule has 4 N–H and O–H groups in total. The standard InChI is InChI=1S/C6H12F2N2.2ClH/c7-6(8)3-1-2-4(9)5(6)10;;/h4-5H,1-3,9-10H2;2*1H. The van der Waals surface area contributed by atoms with Crippen molar-refractivity contribution in [1.82, 2.24) is 0 Å². The first-order chi connectivity index (χ1) is 4.54. The van der Waals surface area contributed by atoms with Crippen LogP contribution in [-0.2, 0) is 0 Å². The van der Waals surface area contributed by atoms with Gasteiger partial charge in [0.2, 0.25) is 0 Å². The summed E-state index contributed by atoms with van der Waals surface area (Å²) in [5.41, 5.74) is 10.5. The zero-order chi connectivity index (χ0) is 7.78. The molecule has 0 aromatic carbocycles. The van der Waals surface area contributed by atoms with E-state index in [-0.39, 0.29) is 31.2 Å². The van der Waals surface area contributed by atoms with Crippen molar-refractivity contribution >= 4 is 24.8 Å². The molecule has 0 amide bonds. The van der Waals surface area contributed by atoms with E-state index in [4.69, 9.17) is 11.5 Å². The van der Waals surface area contributed by atoms with Crippen LogP contribution in [0.25, 0.3) is 0 Å². The molecule has 0 aliphatic heterocycles. The lowest BCUT2D eigenvalue weighted by Gasteiger charge is -2.32.